The molecule has 10 heteroatoms. The number of benzene rings is 1. The van der Waals surface area contributed by atoms with Crippen molar-refractivity contribution in [2.45, 2.75) is 17.7 Å². The molecule has 0 amide bonds. The first-order valence-corrected chi connectivity index (χ1v) is 8.20. The molecule has 21 heavy (non-hydrogen) atoms. The number of carboxylic acids is 1. The lowest BCUT2D eigenvalue weighted by Gasteiger charge is -2.08. The van der Waals surface area contributed by atoms with E-state index in [1.165, 1.54) is 12.1 Å². The lowest BCUT2D eigenvalue weighted by molar-refractivity contribution is -0.137. The van der Waals surface area contributed by atoms with Gasteiger partial charge in [-0.15, -0.1) is 0 Å². The number of nitrogens with one attached hydrogen (secondary N) is 3. The number of aromatic amines is 2. The molecule has 0 aliphatic carbocycles. The van der Waals surface area contributed by atoms with Crippen molar-refractivity contribution in [3.05, 3.63) is 27.1 Å². The van der Waals surface area contributed by atoms with Gasteiger partial charge in [-0.25, -0.2) is 17.9 Å². The number of rotatable bonds is 6. The first-order chi connectivity index (χ1) is 9.79. The van der Waals surface area contributed by atoms with Gasteiger partial charge in [0.05, 0.1) is 15.9 Å². The average molecular weight is 378 g/mol. The molecular weight excluding hydrogens is 366 g/mol. The first-order valence-electron chi connectivity index (χ1n) is 5.92. The molecule has 0 saturated heterocycles. The number of fused-ring (bicyclic) bond motifs is 1. The first kappa shape index (κ1) is 15.7. The van der Waals surface area contributed by atoms with Gasteiger partial charge < -0.3 is 15.1 Å². The molecule has 1 heterocycles. The van der Waals surface area contributed by atoms with Crippen LogP contribution in [0, 0.1) is 0 Å². The molecule has 0 radical (unpaired) electrons. The van der Waals surface area contributed by atoms with Gasteiger partial charge in [-0.2, -0.15) is 0 Å². The maximum absolute atomic E-state index is 12.2. The van der Waals surface area contributed by atoms with Gasteiger partial charge in [-0.1, -0.05) is 0 Å². The van der Waals surface area contributed by atoms with Crippen molar-refractivity contribution in [2.75, 3.05) is 6.54 Å². The van der Waals surface area contributed by atoms with Crippen molar-refractivity contribution in [1.82, 2.24) is 14.7 Å². The maximum atomic E-state index is 12.2. The molecule has 0 unspecified atom stereocenters. The largest absolute Gasteiger partial charge is 0.481 e. The molecule has 0 atom stereocenters. The van der Waals surface area contributed by atoms with Gasteiger partial charge in [0.1, 0.15) is 0 Å². The fourth-order valence-corrected chi connectivity index (χ4v) is 3.91. The van der Waals surface area contributed by atoms with E-state index in [1.807, 2.05) is 0 Å². The van der Waals surface area contributed by atoms with Crippen LogP contribution in [-0.4, -0.2) is 36.0 Å². The zero-order valence-corrected chi connectivity index (χ0v) is 13.0. The molecule has 114 valence electrons. The molecule has 4 N–H and O–H groups in total. The predicted molar refractivity (Wildman–Crippen MR) is 78.7 cm³/mol. The minimum Gasteiger partial charge on any atom is -0.481 e. The average Bonchev–Trinajstić information content (AvgIpc) is 2.72. The molecule has 0 aliphatic rings. The van der Waals surface area contributed by atoms with Crippen molar-refractivity contribution >= 4 is 43.0 Å². The molecule has 1 aromatic heterocycles. The van der Waals surface area contributed by atoms with Crippen LogP contribution in [0.5, 0.6) is 0 Å². The van der Waals surface area contributed by atoms with Gasteiger partial charge in [0.2, 0.25) is 10.0 Å². The van der Waals surface area contributed by atoms with Crippen LogP contribution in [0.15, 0.2) is 26.3 Å². The van der Waals surface area contributed by atoms with Crippen molar-refractivity contribution in [2.24, 2.45) is 0 Å². The number of sulfonamides is 1. The molecule has 1 aromatic carbocycles. The summed E-state index contributed by atoms with van der Waals surface area (Å²) in [4.78, 5) is 26.5. The number of carbonyl (C=O) groups is 1. The summed E-state index contributed by atoms with van der Waals surface area (Å²) in [7, 11) is -3.80. The normalized spacial score (nSPS) is 11.9. The van der Waals surface area contributed by atoms with Gasteiger partial charge in [0.15, 0.2) is 0 Å². The van der Waals surface area contributed by atoms with Crippen molar-refractivity contribution in [1.29, 1.82) is 0 Å². The van der Waals surface area contributed by atoms with Crippen LogP contribution < -0.4 is 10.4 Å². The second-order valence-electron chi connectivity index (χ2n) is 4.30. The molecule has 0 spiro atoms. The van der Waals surface area contributed by atoms with Crippen LogP contribution >= 0.6 is 15.9 Å². The van der Waals surface area contributed by atoms with Crippen molar-refractivity contribution in [3.63, 3.8) is 0 Å². The van der Waals surface area contributed by atoms with E-state index in [4.69, 9.17) is 5.11 Å². The van der Waals surface area contributed by atoms with E-state index in [0.29, 0.717) is 15.5 Å². The summed E-state index contributed by atoms with van der Waals surface area (Å²) in [5.41, 5.74) is 0.423. The number of aliphatic carboxylic acids is 1. The Morgan fingerprint density at radius 3 is 2.52 bits per heavy atom. The van der Waals surface area contributed by atoms with Gasteiger partial charge in [-0.3, -0.25) is 4.79 Å². The van der Waals surface area contributed by atoms with Gasteiger partial charge in [0.25, 0.3) is 0 Å². The van der Waals surface area contributed by atoms with Crippen LogP contribution in [0.4, 0.5) is 0 Å². The maximum Gasteiger partial charge on any atom is 0.323 e. The van der Waals surface area contributed by atoms with E-state index in [1.54, 1.807) is 0 Å². The Balaban J connectivity index is 2.24. The number of aromatic nitrogens is 2. The fraction of sp³-hybridized carbons (Fsp3) is 0.273. The van der Waals surface area contributed by atoms with Gasteiger partial charge in [-0.05, 0) is 34.5 Å². The molecule has 8 nitrogen and oxygen atoms in total. The van der Waals surface area contributed by atoms with Crippen LogP contribution in [0.1, 0.15) is 12.8 Å². The highest BCUT2D eigenvalue weighted by molar-refractivity contribution is 9.10. The highest BCUT2D eigenvalue weighted by atomic mass is 79.9. The lowest BCUT2D eigenvalue weighted by Crippen LogP contribution is -2.25. The summed E-state index contributed by atoms with van der Waals surface area (Å²) < 4.78 is 26.9. The van der Waals surface area contributed by atoms with E-state index in [-0.39, 0.29) is 24.3 Å². The summed E-state index contributed by atoms with van der Waals surface area (Å²) in [6.07, 6.45) is 0.0727. The minimum atomic E-state index is -3.80. The smallest absolute Gasteiger partial charge is 0.323 e. The molecule has 0 fully saturated rings. The lowest BCUT2D eigenvalue weighted by atomic mass is 10.3. The number of halogens is 1. The summed E-state index contributed by atoms with van der Waals surface area (Å²) in [5.74, 6) is -0.985. The third kappa shape index (κ3) is 3.71. The van der Waals surface area contributed by atoms with E-state index >= 15 is 0 Å². The van der Waals surface area contributed by atoms with Crippen LogP contribution in [0.25, 0.3) is 11.0 Å². The third-order valence-electron chi connectivity index (χ3n) is 2.72. The Hall–Kier alpha value is -1.65. The Bertz CT molecular complexity index is 839. The Kier molecular flexibility index (Phi) is 4.49. The van der Waals surface area contributed by atoms with E-state index in [0.717, 1.165) is 0 Å². The molecule has 0 saturated carbocycles. The monoisotopic (exact) mass is 377 g/mol. The predicted octanol–water partition coefficient (Wildman–Crippen LogP) is 0.762. The number of H-pyrrole nitrogens is 2. The Labute approximate surface area is 127 Å². The molecular formula is C11H12BrN3O5S. The SMILES string of the molecule is O=C(O)CCCNS(=O)(=O)c1cc2[nH]c(=O)[nH]c2cc1Br. The quantitative estimate of drug-likeness (QED) is 0.551. The summed E-state index contributed by atoms with van der Waals surface area (Å²) in [6, 6.07) is 2.82. The molecule has 0 aliphatic heterocycles. The van der Waals surface area contributed by atoms with Crippen molar-refractivity contribution in [3.8, 4) is 0 Å². The number of imidazole rings is 1. The van der Waals surface area contributed by atoms with E-state index < -0.39 is 21.7 Å². The molecule has 0 bridgehead atoms. The topological polar surface area (TPSA) is 132 Å². The van der Waals surface area contributed by atoms with Crippen molar-refractivity contribution < 1.29 is 18.3 Å². The number of hydrogen-bond acceptors (Lipinski definition) is 4. The van der Waals surface area contributed by atoms with E-state index in [2.05, 4.69) is 30.6 Å². The second kappa shape index (κ2) is 6.00. The Morgan fingerprint density at radius 2 is 1.90 bits per heavy atom. The molecule has 2 rings (SSSR count). The minimum absolute atomic E-state index is 0.0166. The van der Waals surface area contributed by atoms with Crippen LogP contribution in [0.2, 0.25) is 0 Å². The summed E-state index contributed by atoms with van der Waals surface area (Å²) in [5, 5.41) is 8.50. The number of hydrogen-bond donors (Lipinski definition) is 4. The van der Waals surface area contributed by atoms with Crippen LogP contribution in [0.3, 0.4) is 0 Å². The standard InChI is InChI=1S/C11H12BrN3O5S/c12-6-4-7-8(15-11(18)14-7)5-9(6)21(19,20)13-3-1-2-10(16)17/h4-5,13H,1-3H2,(H,16,17)(H2,14,15,18). The molecule has 2 aromatic rings. The summed E-state index contributed by atoms with van der Waals surface area (Å²) >= 11 is 3.15. The number of carboxylic acid groups (broad SMARTS) is 1. The highest BCUT2D eigenvalue weighted by Gasteiger charge is 2.19. The van der Waals surface area contributed by atoms with Crippen LogP contribution in [-0.2, 0) is 14.8 Å². The Morgan fingerprint density at radius 1 is 1.29 bits per heavy atom. The highest BCUT2D eigenvalue weighted by Crippen LogP contribution is 2.25. The van der Waals surface area contributed by atoms with Gasteiger partial charge in [0, 0.05) is 17.4 Å². The third-order valence-corrected chi connectivity index (χ3v) is 5.14. The zero-order valence-electron chi connectivity index (χ0n) is 10.6. The second-order valence-corrected chi connectivity index (χ2v) is 6.89. The zero-order chi connectivity index (χ0) is 15.6. The van der Waals surface area contributed by atoms with Gasteiger partial charge >= 0.3 is 11.7 Å². The summed E-state index contributed by atoms with van der Waals surface area (Å²) in [6.45, 7) is 0.0166. The fourth-order valence-electron chi connectivity index (χ4n) is 1.77. The van der Waals surface area contributed by atoms with E-state index in [9.17, 15) is 18.0 Å².